The summed E-state index contributed by atoms with van der Waals surface area (Å²) in [4.78, 5) is 11.1. The highest BCUT2D eigenvalue weighted by Gasteiger charge is 2.22. The molecule has 2 aromatic heterocycles. The van der Waals surface area contributed by atoms with Crippen molar-refractivity contribution in [1.82, 2.24) is 18.7 Å². The summed E-state index contributed by atoms with van der Waals surface area (Å²) in [5, 5.41) is 0. The monoisotopic (exact) mass is 877 g/mol. The molecule has 4 nitrogen and oxygen atoms in total. The highest BCUT2D eigenvalue weighted by atomic mass is 32.1. The molecule has 0 amide bonds. The van der Waals surface area contributed by atoms with Crippen molar-refractivity contribution >= 4 is 33.8 Å². The minimum absolute atomic E-state index is 0.691. The van der Waals surface area contributed by atoms with E-state index in [2.05, 4.69) is 86.1 Å². The van der Waals surface area contributed by atoms with E-state index in [1.807, 2.05) is 60.7 Å². The fraction of sp³-hybridized carbons (Fsp3) is 0.400. The highest BCUT2D eigenvalue weighted by Crippen LogP contribution is 2.36. The molecule has 0 spiro atoms. The number of nitrogens with zero attached hydrogens (tertiary/aromatic N) is 4. The Morgan fingerprint density at radius 2 is 0.692 bits per heavy atom. The van der Waals surface area contributed by atoms with Gasteiger partial charge < -0.3 is 0 Å². The van der Waals surface area contributed by atoms with Gasteiger partial charge >= 0.3 is 0 Å². The predicted molar refractivity (Wildman–Crippen MR) is 277 cm³/mol. The van der Waals surface area contributed by atoms with Gasteiger partial charge in [-0.1, -0.05) is 238 Å². The van der Waals surface area contributed by atoms with Gasteiger partial charge in [-0.2, -0.15) is 8.75 Å². The predicted octanol–water partition coefficient (Wildman–Crippen LogP) is 16.7. The minimum atomic E-state index is 0.691. The second-order valence-corrected chi connectivity index (χ2v) is 18.3. The van der Waals surface area contributed by atoms with Crippen molar-refractivity contribution < 1.29 is 0 Å². The molecule has 0 N–H and O–H groups in total. The average molecular weight is 877 g/mol. The van der Waals surface area contributed by atoms with Crippen molar-refractivity contribution in [3.05, 3.63) is 143 Å². The Morgan fingerprint density at radius 3 is 1.05 bits per heavy atom. The molecular formula is C60H68N4S. The molecular weight excluding hydrogens is 809 g/mol. The Hall–Kier alpha value is -5.62. The molecule has 7 rings (SSSR count). The van der Waals surface area contributed by atoms with Gasteiger partial charge in [0.1, 0.15) is 22.1 Å². The van der Waals surface area contributed by atoms with Crippen LogP contribution in [0.2, 0.25) is 0 Å². The molecule has 0 aliphatic heterocycles. The number of hydrogen-bond donors (Lipinski definition) is 0. The summed E-state index contributed by atoms with van der Waals surface area (Å²) in [5.41, 5.74) is 12.5. The zero-order valence-electron chi connectivity index (χ0n) is 39.1. The molecule has 0 aliphatic carbocycles. The zero-order chi connectivity index (χ0) is 44.7. The van der Waals surface area contributed by atoms with Gasteiger partial charge in [0.25, 0.3) is 0 Å². The van der Waals surface area contributed by atoms with Crippen LogP contribution in [-0.4, -0.2) is 18.7 Å². The zero-order valence-corrected chi connectivity index (χ0v) is 40.0. The average Bonchev–Trinajstić information content (AvgIpc) is 3.84. The smallest absolute Gasteiger partial charge is 0.124 e. The van der Waals surface area contributed by atoms with Crippen LogP contribution in [0.15, 0.2) is 109 Å². The first-order valence-corrected chi connectivity index (χ1v) is 25.8. The quantitative estimate of drug-likeness (QED) is 0.0448. The van der Waals surface area contributed by atoms with E-state index in [0.29, 0.717) is 22.1 Å². The van der Waals surface area contributed by atoms with Crippen LogP contribution in [0.1, 0.15) is 176 Å². The Balaban J connectivity index is 1.20. The first-order valence-electron chi connectivity index (χ1n) is 25.0. The molecule has 0 atom stereocenters. The third kappa shape index (κ3) is 14.2. The molecule has 0 aliphatic rings. The maximum absolute atomic E-state index is 5.57. The first-order chi connectivity index (χ1) is 32.2. The summed E-state index contributed by atoms with van der Waals surface area (Å²) >= 11 is 1.18. The first kappa shape index (κ1) is 47.3. The van der Waals surface area contributed by atoms with Crippen molar-refractivity contribution in [2.24, 2.45) is 0 Å². The Labute approximate surface area is 394 Å². The lowest BCUT2D eigenvalue weighted by Crippen LogP contribution is -2.01. The van der Waals surface area contributed by atoms with Crippen LogP contribution >= 0.6 is 11.7 Å². The van der Waals surface area contributed by atoms with Crippen molar-refractivity contribution in [3.8, 4) is 46.2 Å². The summed E-state index contributed by atoms with van der Waals surface area (Å²) in [7, 11) is 0. The van der Waals surface area contributed by atoms with Crippen molar-refractivity contribution in [1.29, 1.82) is 0 Å². The Kier molecular flexibility index (Phi) is 19.2. The van der Waals surface area contributed by atoms with Gasteiger partial charge in [0.05, 0.1) is 34.2 Å². The van der Waals surface area contributed by atoms with Crippen LogP contribution in [0.5, 0.6) is 0 Å². The molecule has 5 aromatic carbocycles. The maximum atomic E-state index is 5.57. The molecule has 7 aromatic rings. The van der Waals surface area contributed by atoms with Crippen LogP contribution in [-0.2, 0) is 12.8 Å². The highest BCUT2D eigenvalue weighted by molar-refractivity contribution is 7.00. The van der Waals surface area contributed by atoms with Gasteiger partial charge in [-0.3, -0.25) is 0 Å². The van der Waals surface area contributed by atoms with Crippen LogP contribution in [0.4, 0.5) is 0 Å². The molecule has 0 bridgehead atoms. The lowest BCUT2D eigenvalue weighted by Gasteiger charge is -2.14. The van der Waals surface area contributed by atoms with E-state index in [1.54, 1.807) is 0 Å². The van der Waals surface area contributed by atoms with Gasteiger partial charge in [-0.05, 0) is 61.1 Å². The summed E-state index contributed by atoms with van der Waals surface area (Å²) in [6.07, 6.45) is 29.1. The molecule has 5 heteroatoms. The maximum Gasteiger partial charge on any atom is 0.124 e. The third-order valence-electron chi connectivity index (χ3n) is 12.6. The fourth-order valence-electron chi connectivity index (χ4n) is 8.77. The largest absolute Gasteiger partial charge is 0.242 e. The number of benzene rings is 5. The van der Waals surface area contributed by atoms with Gasteiger partial charge in [-0.15, -0.1) is 0 Å². The van der Waals surface area contributed by atoms with Gasteiger partial charge in [-0.25, -0.2) is 9.97 Å². The number of rotatable bonds is 24. The van der Waals surface area contributed by atoms with Crippen molar-refractivity contribution in [3.63, 3.8) is 0 Å². The van der Waals surface area contributed by atoms with Crippen LogP contribution in [0, 0.1) is 23.7 Å². The number of fused-ring (bicyclic) bond motifs is 2. The second-order valence-electron chi connectivity index (χ2n) is 17.8. The number of aromatic nitrogens is 4. The van der Waals surface area contributed by atoms with Crippen LogP contribution < -0.4 is 0 Å². The molecule has 65 heavy (non-hydrogen) atoms. The molecule has 2 heterocycles. The van der Waals surface area contributed by atoms with E-state index < -0.39 is 0 Å². The fourth-order valence-corrected chi connectivity index (χ4v) is 9.33. The molecule has 334 valence electrons. The van der Waals surface area contributed by atoms with E-state index in [4.69, 9.17) is 18.7 Å². The van der Waals surface area contributed by atoms with Gasteiger partial charge in [0.2, 0.25) is 0 Å². The Bertz CT molecular complexity index is 2440. The van der Waals surface area contributed by atoms with Gasteiger partial charge in [0, 0.05) is 22.3 Å². The minimum Gasteiger partial charge on any atom is -0.242 e. The number of hydrogen-bond acceptors (Lipinski definition) is 5. The van der Waals surface area contributed by atoms with Crippen LogP contribution in [0.25, 0.3) is 44.6 Å². The Morgan fingerprint density at radius 1 is 0.354 bits per heavy atom. The lowest BCUT2D eigenvalue weighted by molar-refractivity contribution is 0.556. The standard InChI is InChI=1S/C60H68N4S/c1-3-5-7-9-11-13-15-17-19-23-33-49-35-41-51(42-36-49)55-56(52-43-37-50(38-44-52)34-24-20-18-16-14-12-10-8-6-4-2)62-58-54(46-40-48-31-27-22-28-32-48)60-59(63-65-64-60)53(57(58)61-55)45-39-47-29-25-21-26-30-47/h21-22,25-32,35-38,41-44H,3-20,23-24,33-34H2,1-2H3. The molecule has 0 radical (unpaired) electrons. The van der Waals surface area contributed by atoms with E-state index in [0.717, 1.165) is 57.6 Å². The SMILES string of the molecule is CCCCCCCCCCCCc1ccc(-c2nc3c(C#Cc4ccccc4)c4nsnc4c(C#Cc4ccccc4)c3nc2-c2ccc(CCCCCCCCCCCC)cc2)cc1. The molecule has 0 fully saturated rings. The molecule has 0 saturated heterocycles. The van der Waals surface area contributed by atoms with E-state index in [9.17, 15) is 0 Å². The second kappa shape index (κ2) is 26.4. The summed E-state index contributed by atoms with van der Waals surface area (Å²) in [6.45, 7) is 4.58. The van der Waals surface area contributed by atoms with Crippen molar-refractivity contribution in [2.75, 3.05) is 0 Å². The topological polar surface area (TPSA) is 51.6 Å². The number of unbranched alkanes of at least 4 members (excludes halogenated alkanes) is 18. The third-order valence-corrected chi connectivity index (χ3v) is 13.2. The van der Waals surface area contributed by atoms with E-state index >= 15 is 0 Å². The molecule has 0 unspecified atom stereocenters. The lowest BCUT2D eigenvalue weighted by atomic mass is 9.97. The normalized spacial score (nSPS) is 11.1. The van der Waals surface area contributed by atoms with Crippen LogP contribution in [0.3, 0.4) is 0 Å². The van der Waals surface area contributed by atoms with Gasteiger partial charge in [0.15, 0.2) is 0 Å². The van der Waals surface area contributed by atoms with Crippen molar-refractivity contribution in [2.45, 2.75) is 155 Å². The number of aryl methyl sites for hydroxylation is 2. The molecule has 0 saturated carbocycles. The summed E-state index contributed by atoms with van der Waals surface area (Å²) in [5.74, 6) is 13.8. The van der Waals surface area contributed by atoms with E-state index in [1.165, 1.54) is 151 Å². The summed E-state index contributed by atoms with van der Waals surface area (Å²) in [6, 6.07) is 38.3. The summed E-state index contributed by atoms with van der Waals surface area (Å²) < 4.78 is 9.64. The van der Waals surface area contributed by atoms with E-state index in [-0.39, 0.29) is 0 Å².